The minimum absolute atomic E-state index is 0.723. The third-order valence-electron chi connectivity index (χ3n) is 4.13. The zero-order valence-electron chi connectivity index (χ0n) is 11.0. The Balaban J connectivity index is 1.55. The highest BCUT2D eigenvalue weighted by atomic mass is 15.2. The van der Waals surface area contributed by atoms with E-state index in [1.54, 1.807) is 0 Å². The SMILES string of the molecule is CC(C)N(CCNCC1CCCC1)C1CC1. The van der Waals surface area contributed by atoms with Crippen molar-refractivity contribution in [1.29, 1.82) is 0 Å². The van der Waals surface area contributed by atoms with Gasteiger partial charge in [-0.15, -0.1) is 0 Å². The van der Waals surface area contributed by atoms with Crippen LogP contribution in [0.1, 0.15) is 52.4 Å². The van der Waals surface area contributed by atoms with E-state index in [4.69, 9.17) is 0 Å². The van der Waals surface area contributed by atoms with Gasteiger partial charge in [-0.1, -0.05) is 12.8 Å². The molecule has 94 valence electrons. The van der Waals surface area contributed by atoms with Crippen molar-refractivity contribution in [2.24, 2.45) is 5.92 Å². The topological polar surface area (TPSA) is 15.3 Å². The normalized spacial score (nSPS) is 22.5. The molecule has 2 aliphatic rings. The first-order chi connectivity index (χ1) is 7.77. The van der Waals surface area contributed by atoms with Gasteiger partial charge in [-0.3, -0.25) is 4.90 Å². The molecule has 0 amide bonds. The lowest BCUT2D eigenvalue weighted by Gasteiger charge is -2.26. The third kappa shape index (κ3) is 3.74. The summed E-state index contributed by atoms with van der Waals surface area (Å²) in [5.41, 5.74) is 0. The van der Waals surface area contributed by atoms with E-state index in [2.05, 4.69) is 24.1 Å². The second-order valence-electron chi connectivity index (χ2n) is 5.92. The summed E-state index contributed by atoms with van der Waals surface area (Å²) in [6.45, 7) is 8.35. The molecule has 0 aromatic carbocycles. The highest BCUT2D eigenvalue weighted by molar-refractivity contribution is 4.86. The number of nitrogens with one attached hydrogen (secondary N) is 1. The summed E-state index contributed by atoms with van der Waals surface area (Å²) in [7, 11) is 0. The Kier molecular flexibility index (Phi) is 4.66. The van der Waals surface area contributed by atoms with E-state index < -0.39 is 0 Å². The maximum absolute atomic E-state index is 3.65. The Labute approximate surface area is 101 Å². The summed E-state index contributed by atoms with van der Waals surface area (Å²) in [5, 5.41) is 3.65. The Morgan fingerprint density at radius 3 is 2.38 bits per heavy atom. The Morgan fingerprint density at radius 2 is 1.81 bits per heavy atom. The molecule has 16 heavy (non-hydrogen) atoms. The lowest BCUT2D eigenvalue weighted by molar-refractivity contribution is 0.210. The van der Waals surface area contributed by atoms with Gasteiger partial charge >= 0.3 is 0 Å². The van der Waals surface area contributed by atoms with Crippen LogP contribution in [0.3, 0.4) is 0 Å². The van der Waals surface area contributed by atoms with Gasteiger partial charge < -0.3 is 5.32 Å². The molecule has 0 aromatic heterocycles. The fraction of sp³-hybridized carbons (Fsp3) is 1.00. The minimum atomic E-state index is 0.723. The average molecular weight is 224 g/mol. The van der Waals surface area contributed by atoms with Crippen LogP contribution in [0, 0.1) is 5.92 Å². The molecule has 2 nitrogen and oxygen atoms in total. The van der Waals surface area contributed by atoms with E-state index in [-0.39, 0.29) is 0 Å². The highest BCUT2D eigenvalue weighted by Gasteiger charge is 2.29. The van der Waals surface area contributed by atoms with Crippen molar-refractivity contribution >= 4 is 0 Å². The van der Waals surface area contributed by atoms with Crippen molar-refractivity contribution in [2.75, 3.05) is 19.6 Å². The standard InChI is InChI=1S/C14H28N2/c1-12(2)16(14-7-8-14)10-9-15-11-13-5-3-4-6-13/h12-15H,3-11H2,1-2H3. The predicted molar refractivity (Wildman–Crippen MR) is 69.7 cm³/mol. The molecule has 2 heteroatoms. The fourth-order valence-electron chi connectivity index (χ4n) is 3.00. The Hall–Kier alpha value is -0.0800. The van der Waals surface area contributed by atoms with Crippen LogP contribution in [0.25, 0.3) is 0 Å². The number of hydrogen-bond acceptors (Lipinski definition) is 2. The van der Waals surface area contributed by atoms with Gasteiger partial charge in [0, 0.05) is 25.2 Å². The molecule has 0 atom stereocenters. The van der Waals surface area contributed by atoms with E-state index >= 15 is 0 Å². The van der Waals surface area contributed by atoms with Crippen LogP contribution < -0.4 is 5.32 Å². The van der Waals surface area contributed by atoms with Crippen LogP contribution in [0.4, 0.5) is 0 Å². The maximum atomic E-state index is 3.65. The molecule has 0 aliphatic heterocycles. The zero-order valence-corrected chi connectivity index (χ0v) is 11.0. The van der Waals surface area contributed by atoms with Crippen molar-refractivity contribution in [1.82, 2.24) is 10.2 Å². The summed E-state index contributed by atoms with van der Waals surface area (Å²) in [6.07, 6.45) is 8.72. The first-order valence-electron chi connectivity index (χ1n) is 7.24. The zero-order chi connectivity index (χ0) is 11.4. The van der Waals surface area contributed by atoms with E-state index in [1.165, 1.54) is 58.2 Å². The monoisotopic (exact) mass is 224 g/mol. The second-order valence-corrected chi connectivity index (χ2v) is 5.92. The van der Waals surface area contributed by atoms with Gasteiger partial charge in [-0.05, 0) is 52.0 Å². The van der Waals surface area contributed by atoms with Crippen LogP contribution in [-0.4, -0.2) is 36.6 Å². The fourth-order valence-corrected chi connectivity index (χ4v) is 3.00. The Bertz CT molecular complexity index is 191. The molecule has 0 saturated heterocycles. The van der Waals surface area contributed by atoms with E-state index in [9.17, 15) is 0 Å². The van der Waals surface area contributed by atoms with Gasteiger partial charge in [-0.2, -0.15) is 0 Å². The molecule has 0 bridgehead atoms. The summed E-state index contributed by atoms with van der Waals surface area (Å²) >= 11 is 0. The first-order valence-corrected chi connectivity index (χ1v) is 7.24. The van der Waals surface area contributed by atoms with Crippen molar-refractivity contribution in [3.63, 3.8) is 0 Å². The van der Waals surface area contributed by atoms with E-state index in [1.807, 2.05) is 0 Å². The molecule has 0 heterocycles. The van der Waals surface area contributed by atoms with Crippen molar-refractivity contribution in [3.8, 4) is 0 Å². The van der Waals surface area contributed by atoms with Gasteiger partial charge in [0.25, 0.3) is 0 Å². The Morgan fingerprint density at radius 1 is 1.12 bits per heavy atom. The van der Waals surface area contributed by atoms with Gasteiger partial charge in [-0.25, -0.2) is 0 Å². The average Bonchev–Trinajstić information content (AvgIpc) is 2.94. The largest absolute Gasteiger partial charge is 0.315 e. The van der Waals surface area contributed by atoms with Crippen molar-refractivity contribution < 1.29 is 0 Å². The summed E-state index contributed by atoms with van der Waals surface area (Å²) < 4.78 is 0. The molecule has 0 radical (unpaired) electrons. The van der Waals surface area contributed by atoms with Gasteiger partial charge in [0.15, 0.2) is 0 Å². The van der Waals surface area contributed by atoms with Crippen LogP contribution >= 0.6 is 0 Å². The smallest absolute Gasteiger partial charge is 0.0112 e. The molecule has 1 N–H and O–H groups in total. The molecule has 2 rings (SSSR count). The molecular weight excluding hydrogens is 196 g/mol. The molecule has 0 aromatic rings. The van der Waals surface area contributed by atoms with Crippen molar-refractivity contribution in [2.45, 2.75) is 64.5 Å². The van der Waals surface area contributed by atoms with Crippen LogP contribution in [0.5, 0.6) is 0 Å². The van der Waals surface area contributed by atoms with Crippen LogP contribution in [0.2, 0.25) is 0 Å². The van der Waals surface area contributed by atoms with Gasteiger partial charge in [0.2, 0.25) is 0 Å². The maximum Gasteiger partial charge on any atom is 0.0112 e. The highest BCUT2D eigenvalue weighted by Crippen LogP contribution is 2.28. The first kappa shape index (κ1) is 12.4. The summed E-state index contributed by atoms with van der Waals surface area (Å²) in [4.78, 5) is 2.67. The molecule has 2 saturated carbocycles. The lowest BCUT2D eigenvalue weighted by atomic mass is 10.1. The summed E-state index contributed by atoms with van der Waals surface area (Å²) in [5.74, 6) is 0.980. The summed E-state index contributed by atoms with van der Waals surface area (Å²) in [6, 6.07) is 1.63. The van der Waals surface area contributed by atoms with Crippen LogP contribution in [-0.2, 0) is 0 Å². The van der Waals surface area contributed by atoms with Crippen LogP contribution in [0.15, 0.2) is 0 Å². The molecule has 0 unspecified atom stereocenters. The molecule has 2 aliphatic carbocycles. The van der Waals surface area contributed by atoms with Gasteiger partial charge in [0.1, 0.15) is 0 Å². The number of hydrogen-bond donors (Lipinski definition) is 1. The molecule has 2 fully saturated rings. The van der Waals surface area contributed by atoms with E-state index in [0.717, 1.165) is 18.0 Å². The molecule has 0 spiro atoms. The minimum Gasteiger partial charge on any atom is -0.315 e. The lowest BCUT2D eigenvalue weighted by Crippen LogP contribution is -2.39. The van der Waals surface area contributed by atoms with E-state index in [0.29, 0.717) is 0 Å². The number of nitrogens with zero attached hydrogens (tertiary/aromatic N) is 1. The second kappa shape index (κ2) is 6.02. The van der Waals surface area contributed by atoms with Gasteiger partial charge in [0.05, 0.1) is 0 Å². The predicted octanol–water partition coefficient (Wildman–Crippen LogP) is 2.64. The quantitative estimate of drug-likeness (QED) is 0.669. The molecular formula is C14H28N2. The van der Waals surface area contributed by atoms with Crippen molar-refractivity contribution in [3.05, 3.63) is 0 Å². The third-order valence-corrected chi connectivity index (χ3v) is 4.13. The number of rotatable bonds is 7.